The van der Waals surface area contributed by atoms with E-state index in [2.05, 4.69) is 15.6 Å². The summed E-state index contributed by atoms with van der Waals surface area (Å²) in [6.07, 6.45) is -3.43. The molecule has 0 bridgehead atoms. The number of fused-ring (bicyclic) bond motifs is 1. The highest BCUT2D eigenvalue weighted by Crippen LogP contribution is 2.33. The zero-order valence-corrected chi connectivity index (χ0v) is 10.8. The third-order valence-corrected chi connectivity index (χ3v) is 3.47. The Labute approximate surface area is 118 Å². The van der Waals surface area contributed by atoms with Crippen molar-refractivity contribution in [3.8, 4) is 0 Å². The standard InChI is InChI=1S/C11H14N4O6/c16-2-4-7(18)8(19)11(21-4)15-3-13-6-9(15)14-5(17)1-12-10(6)20/h3-4,7-8,11,16,18-19H,1-2H2,(H,12,20)(H,14,17). The molecule has 1 aromatic heterocycles. The number of aliphatic hydroxyl groups is 3. The van der Waals surface area contributed by atoms with Gasteiger partial charge in [0.25, 0.3) is 5.91 Å². The molecule has 10 heteroatoms. The zero-order valence-electron chi connectivity index (χ0n) is 10.8. The van der Waals surface area contributed by atoms with Gasteiger partial charge in [0.2, 0.25) is 5.91 Å². The number of nitrogens with one attached hydrogen (secondary N) is 2. The number of aromatic nitrogens is 2. The van der Waals surface area contributed by atoms with Gasteiger partial charge in [-0.05, 0) is 0 Å². The number of hydrogen-bond donors (Lipinski definition) is 5. The molecule has 3 heterocycles. The monoisotopic (exact) mass is 298 g/mol. The predicted octanol–water partition coefficient (Wildman–Crippen LogP) is -2.82. The molecular formula is C11H14N4O6. The maximum Gasteiger partial charge on any atom is 0.274 e. The quantitative estimate of drug-likeness (QED) is 0.395. The molecule has 3 rings (SSSR count). The van der Waals surface area contributed by atoms with Crippen molar-refractivity contribution in [2.75, 3.05) is 18.5 Å². The summed E-state index contributed by atoms with van der Waals surface area (Å²) >= 11 is 0. The van der Waals surface area contributed by atoms with Crippen LogP contribution in [0.4, 0.5) is 5.82 Å². The van der Waals surface area contributed by atoms with Crippen molar-refractivity contribution in [3.05, 3.63) is 12.0 Å². The number of nitrogens with zero attached hydrogens (tertiary/aromatic N) is 2. The van der Waals surface area contributed by atoms with E-state index in [1.54, 1.807) is 0 Å². The number of carbonyl (C=O) groups excluding carboxylic acids is 2. The highest BCUT2D eigenvalue weighted by molar-refractivity contribution is 6.06. The Balaban J connectivity index is 1.97. The Morgan fingerprint density at radius 3 is 2.81 bits per heavy atom. The average molecular weight is 298 g/mol. The summed E-state index contributed by atoms with van der Waals surface area (Å²) in [6.45, 7) is -0.663. The van der Waals surface area contributed by atoms with Crippen LogP contribution < -0.4 is 10.6 Å². The van der Waals surface area contributed by atoms with E-state index in [9.17, 15) is 19.8 Å². The number of ether oxygens (including phenoxy) is 1. The van der Waals surface area contributed by atoms with E-state index in [0.29, 0.717) is 0 Å². The van der Waals surface area contributed by atoms with E-state index in [1.807, 2.05) is 0 Å². The Kier molecular flexibility index (Phi) is 3.37. The Bertz CT molecular complexity index is 587. The van der Waals surface area contributed by atoms with Gasteiger partial charge in [-0.2, -0.15) is 0 Å². The molecular weight excluding hydrogens is 284 g/mol. The highest BCUT2D eigenvalue weighted by atomic mass is 16.6. The van der Waals surface area contributed by atoms with Crippen LogP contribution in [0.2, 0.25) is 0 Å². The Morgan fingerprint density at radius 1 is 1.38 bits per heavy atom. The highest BCUT2D eigenvalue weighted by Gasteiger charge is 2.44. The molecule has 114 valence electrons. The summed E-state index contributed by atoms with van der Waals surface area (Å²) in [5, 5.41) is 33.7. The minimum atomic E-state index is -1.33. The van der Waals surface area contributed by atoms with E-state index in [0.717, 1.165) is 0 Å². The van der Waals surface area contributed by atoms with E-state index in [4.69, 9.17) is 9.84 Å². The van der Waals surface area contributed by atoms with Crippen LogP contribution in [0.15, 0.2) is 6.33 Å². The van der Waals surface area contributed by atoms with Gasteiger partial charge in [0.15, 0.2) is 11.9 Å². The maximum absolute atomic E-state index is 11.8. The number of anilines is 1. The van der Waals surface area contributed by atoms with E-state index < -0.39 is 43.0 Å². The number of hydrogen-bond acceptors (Lipinski definition) is 7. The van der Waals surface area contributed by atoms with Crippen molar-refractivity contribution in [1.82, 2.24) is 14.9 Å². The smallest absolute Gasteiger partial charge is 0.274 e. The number of imidazole rings is 1. The zero-order chi connectivity index (χ0) is 15.1. The van der Waals surface area contributed by atoms with Crippen molar-refractivity contribution in [2.45, 2.75) is 24.5 Å². The molecule has 2 aliphatic heterocycles. The van der Waals surface area contributed by atoms with E-state index >= 15 is 0 Å². The van der Waals surface area contributed by atoms with Crippen LogP contribution in [0, 0.1) is 0 Å². The Morgan fingerprint density at radius 2 is 2.14 bits per heavy atom. The van der Waals surface area contributed by atoms with Gasteiger partial charge >= 0.3 is 0 Å². The van der Waals surface area contributed by atoms with Gasteiger partial charge < -0.3 is 30.7 Å². The molecule has 21 heavy (non-hydrogen) atoms. The van der Waals surface area contributed by atoms with Gasteiger partial charge in [-0.15, -0.1) is 0 Å². The second kappa shape index (κ2) is 5.07. The molecule has 4 atom stereocenters. The lowest BCUT2D eigenvalue weighted by molar-refractivity contribution is -0.115. The molecule has 5 N–H and O–H groups in total. The normalized spacial score (nSPS) is 32.3. The van der Waals surface area contributed by atoms with Gasteiger partial charge in [-0.3, -0.25) is 14.2 Å². The van der Waals surface area contributed by atoms with Crippen LogP contribution in [0.25, 0.3) is 0 Å². The van der Waals surface area contributed by atoms with Crippen molar-refractivity contribution in [1.29, 1.82) is 0 Å². The van der Waals surface area contributed by atoms with Crippen LogP contribution in [0.3, 0.4) is 0 Å². The minimum Gasteiger partial charge on any atom is -0.394 e. The molecule has 1 fully saturated rings. The van der Waals surface area contributed by atoms with Crippen molar-refractivity contribution >= 4 is 17.6 Å². The summed E-state index contributed by atoms with van der Waals surface area (Å²) in [5.74, 6) is -0.908. The molecule has 2 aliphatic rings. The minimum absolute atomic E-state index is 0.0152. The number of aliphatic hydroxyl groups excluding tert-OH is 3. The summed E-state index contributed by atoms with van der Waals surface area (Å²) in [4.78, 5) is 27.2. The summed E-state index contributed by atoms with van der Waals surface area (Å²) in [5.41, 5.74) is -0.0152. The second-order valence-electron chi connectivity index (χ2n) is 4.81. The lowest BCUT2D eigenvalue weighted by atomic mass is 10.1. The number of rotatable bonds is 2. The molecule has 0 spiro atoms. The van der Waals surface area contributed by atoms with Crippen LogP contribution >= 0.6 is 0 Å². The van der Waals surface area contributed by atoms with Crippen LogP contribution in [0.5, 0.6) is 0 Å². The van der Waals surface area contributed by atoms with Crippen molar-refractivity contribution in [2.24, 2.45) is 0 Å². The van der Waals surface area contributed by atoms with E-state index in [-0.39, 0.29) is 18.1 Å². The predicted molar refractivity (Wildman–Crippen MR) is 66.2 cm³/mol. The maximum atomic E-state index is 11.8. The molecule has 0 aromatic carbocycles. The van der Waals surface area contributed by atoms with Gasteiger partial charge in [0.05, 0.1) is 19.5 Å². The molecule has 0 saturated carbocycles. The molecule has 0 aliphatic carbocycles. The first-order valence-electron chi connectivity index (χ1n) is 6.30. The lowest BCUT2D eigenvalue weighted by Gasteiger charge is -2.18. The topological polar surface area (TPSA) is 146 Å². The van der Waals surface area contributed by atoms with E-state index in [1.165, 1.54) is 10.9 Å². The first kappa shape index (κ1) is 13.9. The van der Waals surface area contributed by atoms with Gasteiger partial charge in [0.1, 0.15) is 24.1 Å². The molecule has 1 saturated heterocycles. The SMILES string of the molecule is O=C1CNC(=O)c2ncn(C3OC(CO)C(O)C3O)c2N1. The third-order valence-electron chi connectivity index (χ3n) is 3.47. The largest absolute Gasteiger partial charge is 0.394 e. The number of amides is 2. The van der Waals surface area contributed by atoms with Gasteiger partial charge in [-0.1, -0.05) is 0 Å². The summed E-state index contributed by atoms with van der Waals surface area (Å²) in [6, 6.07) is 0. The summed E-state index contributed by atoms with van der Waals surface area (Å²) < 4.78 is 6.60. The average Bonchev–Trinajstić information content (AvgIpc) is 2.95. The van der Waals surface area contributed by atoms with Gasteiger partial charge in [0, 0.05) is 0 Å². The fourth-order valence-corrected chi connectivity index (χ4v) is 2.37. The van der Waals surface area contributed by atoms with Crippen LogP contribution in [-0.2, 0) is 9.53 Å². The van der Waals surface area contributed by atoms with Crippen molar-refractivity contribution in [3.63, 3.8) is 0 Å². The van der Waals surface area contributed by atoms with Crippen LogP contribution in [0.1, 0.15) is 16.7 Å². The molecule has 0 radical (unpaired) electrons. The van der Waals surface area contributed by atoms with Gasteiger partial charge in [-0.25, -0.2) is 4.98 Å². The fraction of sp³-hybridized carbons (Fsp3) is 0.545. The van der Waals surface area contributed by atoms with Crippen LogP contribution in [-0.4, -0.2) is 68.1 Å². The summed E-state index contributed by atoms with van der Waals surface area (Å²) in [7, 11) is 0. The lowest BCUT2D eigenvalue weighted by Crippen LogP contribution is -2.33. The number of carbonyl (C=O) groups is 2. The molecule has 2 amide bonds. The first-order chi connectivity index (χ1) is 10.0. The first-order valence-corrected chi connectivity index (χ1v) is 6.30. The second-order valence-corrected chi connectivity index (χ2v) is 4.81. The molecule has 4 unspecified atom stereocenters. The van der Waals surface area contributed by atoms with Crippen molar-refractivity contribution < 1.29 is 29.6 Å². The molecule has 1 aromatic rings. The molecule has 10 nitrogen and oxygen atoms in total. The fourth-order valence-electron chi connectivity index (χ4n) is 2.37. The third kappa shape index (κ3) is 2.17. The Hall–Kier alpha value is -2.01.